The quantitative estimate of drug-likeness (QED) is 0.611. The Hall–Kier alpha value is -2.76. The van der Waals surface area contributed by atoms with Gasteiger partial charge in [-0.3, -0.25) is 0 Å². The Labute approximate surface area is 157 Å². The molecule has 2 nitrogen and oxygen atoms in total. The first-order valence-electron chi connectivity index (χ1n) is 8.69. The first kappa shape index (κ1) is 21.3. The number of aromatic hydroxyl groups is 1. The van der Waals surface area contributed by atoms with Gasteiger partial charge in [-0.1, -0.05) is 57.4 Å². The Kier molecular flexibility index (Phi) is 8.98. The summed E-state index contributed by atoms with van der Waals surface area (Å²) in [6, 6.07) is 19.4. The molecule has 2 heteroatoms. The van der Waals surface area contributed by atoms with Crippen LogP contribution >= 0.6 is 0 Å². The molecular weight excluding hydrogens is 320 g/mol. The van der Waals surface area contributed by atoms with Crippen molar-refractivity contribution in [2.75, 3.05) is 6.61 Å². The van der Waals surface area contributed by atoms with Gasteiger partial charge in [-0.25, -0.2) is 0 Å². The Morgan fingerprint density at radius 3 is 2.04 bits per heavy atom. The van der Waals surface area contributed by atoms with Gasteiger partial charge < -0.3 is 10.2 Å². The normalized spacial score (nSPS) is 9.35. The van der Waals surface area contributed by atoms with E-state index in [0.717, 1.165) is 34.7 Å². The molecule has 0 spiro atoms. The smallest absolute Gasteiger partial charge is 0.116 e. The van der Waals surface area contributed by atoms with Crippen LogP contribution in [0.15, 0.2) is 60.7 Å². The molecule has 0 saturated carbocycles. The van der Waals surface area contributed by atoms with E-state index < -0.39 is 0 Å². The number of aliphatic hydroxyl groups excluding tert-OH is 1. The zero-order valence-corrected chi connectivity index (χ0v) is 14.8. The number of benzene rings is 3. The van der Waals surface area contributed by atoms with E-state index in [0.29, 0.717) is 0 Å². The van der Waals surface area contributed by atoms with Crippen LogP contribution in [0, 0.1) is 11.8 Å². The molecule has 0 bridgehead atoms. The average Bonchev–Trinajstić information content (AvgIpc) is 2.67. The molecule has 3 aromatic carbocycles. The van der Waals surface area contributed by atoms with Crippen LogP contribution in [0.3, 0.4) is 0 Å². The van der Waals surface area contributed by atoms with Crippen molar-refractivity contribution in [2.24, 2.45) is 0 Å². The summed E-state index contributed by atoms with van der Waals surface area (Å²) in [6.45, 7) is 4.22. The lowest BCUT2D eigenvalue weighted by Gasteiger charge is -2.00. The number of fused-ring (bicyclic) bond motifs is 1. The molecule has 0 aliphatic rings. The largest absolute Gasteiger partial charge is 0.508 e. The molecule has 0 saturated heterocycles. The van der Waals surface area contributed by atoms with Gasteiger partial charge in [-0.15, -0.1) is 0 Å². The Bertz CT molecular complexity index is 868. The van der Waals surface area contributed by atoms with Gasteiger partial charge >= 0.3 is 0 Å². The van der Waals surface area contributed by atoms with Crippen molar-refractivity contribution in [3.63, 3.8) is 0 Å². The first-order valence-corrected chi connectivity index (χ1v) is 8.69. The third-order valence-corrected chi connectivity index (χ3v) is 3.75. The Balaban J connectivity index is 0.00000109. The highest BCUT2D eigenvalue weighted by molar-refractivity contribution is 5.85. The number of hydrogen-bond acceptors (Lipinski definition) is 2. The van der Waals surface area contributed by atoms with Crippen molar-refractivity contribution in [1.82, 2.24) is 0 Å². The summed E-state index contributed by atoms with van der Waals surface area (Å²) < 4.78 is 0. The van der Waals surface area contributed by atoms with Crippen molar-refractivity contribution < 1.29 is 10.2 Å². The molecule has 136 valence electrons. The maximum absolute atomic E-state index is 9.49. The maximum Gasteiger partial charge on any atom is 0.116 e. The van der Waals surface area contributed by atoms with Crippen molar-refractivity contribution in [3.05, 3.63) is 77.4 Å². The number of phenolic OH excluding ortho intramolecular Hbond substituents is 1. The first-order chi connectivity index (χ1) is 12.2. The van der Waals surface area contributed by atoms with E-state index in [2.05, 4.69) is 24.0 Å². The summed E-state index contributed by atoms with van der Waals surface area (Å²) in [5.74, 6) is 6.62. The summed E-state index contributed by atoms with van der Waals surface area (Å²) in [5, 5.41) is 20.4. The van der Waals surface area contributed by atoms with Crippen molar-refractivity contribution in [1.29, 1.82) is 0 Å². The second-order valence-corrected chi connectivity index (χ2v) is 5.52. The molecule has 0 unspecified atom stereocenters. The van der Waals surface area contributed by atoms with Crippen LogP contribution in [-0.2, 0) is 6.42 Å². The van der Waals surface area contributed by atoms with Gasteiger partial charge in [0.1, 0.15) is 5.75 Å². The van der Waals surface area contributed by atoms with Gasteiger partial charge in [0.25, 0.3) is 0 Å². The standard InChI is InChI=1S/C21H18O2.C2H6.CH4/c22-13-1-2-16-3-5-17(6-4-16)7-8-18-9-10-20-15-21(23)12-11-19(20)14-18;1-2;/h3-6,9-12,14-15,22-23H,1-2,13H2;1-2H3;1H4. The highest BCUT2D eigenvalue weighted by Gasteiger charge is 1.97. The third kappa shape index (κ3) is 5.95. The predicted octanol–water partition coefficient (Wildman–Crippen LogP) is 5.53. The molecular formula is C24H28O2. The molecule has 0 amide bonds. The van der Waals surface area contributed by atoms with Gasteiger partial charge in [0.15, 0.2) is 0 Å². The zero-order chi connectivity index (χ0) is 18.1. The molecule has 3 rings (SSSR count). The molecule has 0 aliphatic carbocycles. The molecule has 0 radical (unpaired) electrons. The lowest BCUT2D eigenvalue weighted by atomic mass is 10.1. The van der Waals surface area contributed by atoms with Crippen LogP contribution in [0.5, 0.6) is 5.75 Å². The average molecular weight is 348 g/mol. The summed E-state index contributed by atoms with van der Waals surface area (Å²) in [4.78, 5) is 0. The lowest BCUT2D eigenvalue weighted by molar-refractivity contribution is 0.288. The summed E-state index contributed by atoms with van der Waals surface area (Å²) >= 11 is 0. The topological polar surface area (TPSA) is 40.5 Å². The fraction of sp³-hybridized carbons (Fsp3) is 0.250. The highest BCUT2D eigenvalue weighted by Crippen LogP contribution is 2.20. The molecule has 26 heavy (non-hydrogen) atoms. The van der Waals surface area contributed by atoms with E-state index in [-0.39, 0.29) is 19.8 Å². The van der Waals surface area contributed by atoms with Gasteiger partial charge in [0.2, 0.25) is 0 Å². The molecule has 0 fully saturated rings. The number of aryl methyl sites for hydroxylation is 1. The number of rotatable bonds is 3. The molecule has 0 atom stereocenters. The molecule has 0 aromatic heterocycles. The molecule has 2 N–H and O–H groups in total. The minimum atomic E-state index is 0. The maximum atomic E-state index is 9.49. The van der Waals surface area contributed by atoms with Gasteiger partial charge in [0, 0.05) is 17.7 Å². The Morgan fingerprint density at radius 2 is 1.35 bits per heavy atom. The van der Waals surface area contributed by atoms with Crippen molar-refractivity contribution in [3.8, 4) is 17.6 Å². The van der Waals surface area contributed by atoms with Crippen LogP contribution in [0.25, 0.3) is 10.8 Å². The molecule has 3 aromatic rings. The van der Waals surface area contributed by atoms with Crippen LogP contribution in [0.1, 0.15) is 44.4 Å². The summed E-state index contributed by atoms with van der Waals surface area (Å²) in [5.41, 5.74) is 3.14. The third-order valence-electron chi connectivity index (χ3n) is 3.75. The van der Waals surface area contributed by atoms with Crippen LogP contribution in [0.2, 0.25) is 0 Å². The second kappa shape index (κ2) is 11.0. The lowest BCUT2D eigenvalue weighted by Crippen LogP contribution is -1.89. The van der Waals surface area contributed by atoms with Crippen LogP contribution in [0.4, 0.5) is 0 Å². The van der Waals surface area contributed by atoms with E-state index >= 15 is 0 Å². The number of aliphatic hydroxyl groups is 1. The van der Waals surface area contributed by atoms with E-state index in [9.17, 15) is 5.11 Å². The molecule has 0 aliphatic heterocycles. The minimum absolute atomic E-state index is 0. The predicted molar refractivity (Wildman–Crippen MR) is 112 cm³/mol. The zero-order valence-electron chi connectivity index (χ0n) is 14.8. The number of hydrogen-bond donors (Lipinski definition) is 2. The van der Waals surface area contributed by atoms with Crippen molar-refractivity contribution in [2.45, 2.75) is 34.1 Å². The van der Waals surface area contributed by atoms with Gasteiger partial charge in [0.05, 0.1) is 0 Å². The highest BCUT2D eigenvalue weighted by atomic mass is 16.3. The summed E-state index contributed by atoms with van der Waals surface area (Å²) in [7, 11) is 0. The second-order valence-electron chi connectivity index (χ2n) is 5.52. The van der Waals surface area contributed by atoms with E-state index in [1.807, 2.05) is 50.2 Å². The van der Waals surface area contributed by atoms with Gasteiger partial charge in [-0.2, -0.15) is 0 Å². The van der Waals surface area contributed by atoms with E-state index in [1.165, 1.54) is 5.56 Å². The SMILES string of the molecule is C.CC.OCCCc1ccc(C#Cc2ccc3cc(O)ccc3c2)cc1. The van der Waals surface area contributed by atoms with E-state index in [1.54, 1.807) is 12.1 Å². The summed E-state index contributed by atoms with van der Waals surface area (Å²) in [6.07, 6.45) is 1.68. The van der Waals surface area contributed by atoms with E-state index in [4.69, 9.17) is 5.11 Å². The Morgan fingerprint density at radius 1 is 0.769 bits per heavy atom. The molecule has 0 heterocycles. The monoisotopic (exact) mass is 348 g/mol. The minimum Gasteiger partial charge on any atom is -0.508 e. The van der Waals surface area contributed by atoms with Crippen LogP contribution < -0.4 is 0 Å². The number of phenols is 1. The van der Waals surface area contributed by atoms with Crippen molar-refractivity contribution >= 4 is 10.8 Å². The fourth-order valence-electron chi connectivity index (χ4n) is 2.49. The fourth-order valence-corrected chi connectivity index (χ4v) is 2.49. The van der Waals surface area contributed by atoms with Gasteiger partial charge in [-0.05, 0) is 65.6 Å². The van der Waals surface area contributed by atoms with Crippen LogP contribution in [-0.4, -0.2) is 16.8 Å².